The standard InChI is InChI=1S/C18H15N3OS/c22-17(15-9-14(15)12-5-2-1-3-6-12)21-18-20-16(11-23-18)13-7-4-8-19-10-13/h1-8,10-11,14-15H,9H2,(H,20,21,22)/t14-,15-/m1/s1. The van der Waals surface area contributed by atoms with Crippen LogP contribution in [0.2, 0.25) is 0 Å². The van der Waals surface area contributed by atoms with Gasteiger partial charge >= 0.3 is 0 Å². The quantitative estimate of drug-likeness (QED) is 0.791. The molecule has 0 spiro atoms. The van der Waals surface area contributed by atoms with E-state index in [1.807, 2.05) is 35.7 Å². The van der Waals surface area contributed by atoms with Gasteiger partial charge in [-0.25, -0.2) is 4.98 Å². The first-order valence-corrected chi connectivity index (χ1v) is 8.41. The van der Waals surface area contributed by atoms with Crippen LogP contribution < -0.4 is 5.32 Å². The van der Waals surface area contributed by atoms with E-state index in [4.69, 9.17) is 0 Å². The van der Waals surface area contributed by atoms with Crippen molar-refractivity contribution in [3.63, 3.8) is 0 Å². The van der Waals surface area contributed by atoms with Crippen molar-refractivity contribution >= 4 is 22.4 Å². The van der Waals surface area contributed by atoms with Crippen LogP contribution in [0.1, 0.15) is 17.9 Å². The first-order valence-electron chi connectivity index (χ1n) is 7.53. The second kappa shape index (κ2) is 5.93. The van der Waals surface area contributed by atoms with Crippen LogP contribution in [-0.4, -0.2) is 15.9 Å². The Hall–Kier alpha value is -2.53. The summed E-state index contributed by atoms with van der Waals surface area (Å²) in [7, 11) is 0. The molecule has 114 valence electrons. The van der Waals surface area contributed by atoms with Crippen LogP contribution in [0, 0.1) is 5.92 Å². The molecular formula is C18H15N3OS. The average Bonchev–Trinajstić information content (AvgIpc) is 3.29. The Balaban J connectivity index is 1.42. The number of nitrogens with one attached hydrogen (secondary N) is 1. The van der Waals surface area contributed by atoms with E-state index in [0.717, 1.165) is 17.7 Å². The number of rotatable bonds is 4. The van der Waals surface area contributed by atoms with E-state index in [2.05, 4.69) is 27.4 Å². The van der Waals surface area contributed by atoms with E-state index in [-0.39, 0.29) is 11.8 Å². The number of thiazole rings is 1. The summed E-state index contributed by atoms with van der Waals surface area (Å²) in [5, 5.41) is 5.53. The topological polar surface area (TPSA) is 54.9 Å². The van der Waals surface area contributed by atoms with Crippen LogP contribution in [0.4, 0.5) is 5.13 Å². The summed E-state index contributed by atoms with van der Waals surface area (Å²) >= 11 is 1.44. The second-order valence-electron chi connectivity index (χ2n) is 5.63. The van der Waals surface area contributed by atoms with Gasteiger partial charge in [-0.1, -0.05) is 30.3 Å². The highest BCUT2D eigenvalue weighted by Crippen LogP contribution is 2.48. The maximum absolute atomic E-state index is 12.3. The van der Waals surface area contributed by atoms with E-state index >= 15 is 0 Å². The lowest BCUT2D eigenvalue weighted by atomic mass is 10.1. The average molecular weight is 321 g/mol. The molecule has 3 aromatic rings. The van der Waals surface area contributed by atoms with Crippen LogP contribution in [-0.2, 0) is 4.79 Å². The minimum absolute atomic E-state index is 0.0585. The van der Waals surface area contributed by atoms with Gasteiger partial charge in [0.15, 0.2) is 5.13 Å². The zero-order valence-electron chi connectivity index (χ0n) is 12.3. The Labute approximate surface area is 138 Å². The number of carbonyl (C=O) groups is 1. The molecule has 5 heteroatoms. The molecule has 1 fully saturated rings. The van der Waals surface area contributed by atoms with Crippen LogP contribution >= 0.6 is 11.3 Å². The Kier molecular flexibility index (Phi) is 3.63. The van der Waals surface area contributed by atoms with E-state index < -0.39 is 0 Å². The number of hydrogen-bond acceptors (Lipinski definition) is 4. The molecule has 2 atom stereocenters. The summed E-state index contributed by atoms with van der Waals surface area (Å²) in [4.78, 5) is 20.9. The third kappa shape index (κ3) is 3.00. The van der Waals surface area contributed by atoms with Gasteiger partial charge in [0.1, 0.15) is 0 Å². The molecule has 2 aromatic heterocycles. The molecule has 0 bridgehead atoms. The second-order valence-corrected chi connectivity index (χ2v) is 6.49. The number of nitrogens with zero attached hydrogens (tertiary/aromatic N) is 2. The summed E-state index contributed by atoms with van der Waals surface area (Å²) in [5.74, 6) is 0.461. The summed E-state index contributed by atoms with van der Waals surface area (Å²) < 4.78 is 0. The summed E-state index contributed by atoms with van der Waals surface area (Å²) in [6, 6.07) is 14.0. The van der Waals surface area contributed by atoms with Gasteiger partial charge in [0.2, 0.25) is 5.91 Å². The molecule has 4 nitrogen and oxygen atoms in total. The number of benzene rings is 1. The molecule has 0 radical (unpaired) electrons. The molecule has 1 amide bonds. The van der Waals surface area contributed by atoms with E-state index in [0.29, 0.717) is 11.0 Å². The van der Waals surface area contributed by atoms with Gasteiger partial charge in [0, 0.05) is 29.3 Å². The third-order valence-corrected chi connectivity index (χ3v) is 4.80. The molecule has 4 rings (SSSR count). The Morgan fingerprint density at radius 1 is 1.17 bits per heavy atom. The molecule has 0 aliphatic heterocycles. The molecule has 1 aliphatic rings. The highest BCUT2D eigenvalue weighted by molar-refractivity contribution is 7.14. The Morgan fingerprint density at radius 3 is 2.83 bits per heavy atom. The van der Waals surface area contributed by atoms with Crippen LogP contribution in [0.15, 0.2) is 60.2 Å². The van der Waals surface area contributed by atoms with Gasteiger partial charge in [-0.2, -0.15) is 0 Å². The van der Waals surface area contributed by atoms with Gasteiger partial charge in [0.25, 0.3) is 0 Å². The number of pyridine rings is 1. The predicted molar refractivity (Wildman–Crippen MR) is 91.3 cm³/mol. The molecule has 2 heterocycles. The maximum atomic E-state index is 12.3. The molecule has 1 N–H and O–H groups in total. The molecule has 1 aromatic carbocycles. The zero-order chi connectivity index (χ0) is 15.6. The Morgan fingerprint density at radius 2 is 2.04 bits per heavy atom. The van der Waals surface area contributed by atoms with Crippen molar-refractivity contribution in [2.75, 3.05) is 5.32 Å². The largest absolute Gasteiger partial charge is 0.302 e. The van der Waals surface area contributed by atoms with Gasteiger partial charge in [-0.3, -0.25) is 9.78 Å². The van der Waals surface area contributed by atoms with Gasteiger partial charge in [-0.15, -0.1) is 11.3 Å². The lowest BCUT2D eigenvalue weighted by molar-refractivity contribution is -0.117. The number of aromatic nitrogens is 2. The minimum Gasteiger partial charge on any atom is -0.302 e. The lowest BCUT2D eigenvalue weighted by Crippen LogP contribution is -2.14. The lowest BCUT2D eigenvalue weighted by Gasteiger charge is -2.01. The number of amides is 1. The summed E-state index contributed by atoms with van der Waals surface area (Å²) in [6.07, 6.45) is 4.42. The zero-order valence-corrected chi connectivity index (χ0v) is 13.2. The van der Waals surface area contributed by atoms with Crippen LogP contribution in [0.5, 0.6) is 0 Å². The van der Waals surface area contributed by atoms with Crippen molar-refractivity contribution in [2.24, 2.45) is 5.92 Å². The first-order chi connectivity index (χ1) is 11.3. The normalized spacial score (nSPS) is 19.3. The van der Waals surface area contributed by atoms with Crippen molar-refractivity contribution in [2.45, 2.75) is 12.3 Å². The van der Waals surface area contributed by atoms with Crippen molar-refractivity contribution in [1.29, 1.82) is 0 Å². The molecule has 1 saturated carbocycles. The van der Waals surface area contributed by atoms with Crippen molar-refractivity contribution in [3.8, 4) is 11.3 Å². The highest BCUT2D eigenvalue weighted by atomic mass is 32.1. The Bertz CT molecular complexity index is 817. The molecular weight excluding hydrogens is 306 g/mol. The molecule has 1 aliphatic carbocycles. The fraction of sp³-hybridized carbons (Fsp3) is 0.167. The smallest absolute Gasteiger partial charge is 0.229 e. The summed E-state index contributed by atoms with van der Waals surface area (Å²) in [5.41, 5.74) is 3.04. The maximum Gasteiger partial charge on any atom is 0.229 e. The number of carbonyl (C=O) groups excluding carboxylic acids is 1. The van der Waals surface area contributed by atoms with E-state index in [1.54, 1.807) is 12.4 Å². The SMILES string of the molecule is O=C(Nc1nc(-c2cccnc2)cs1)[C@@H]1C[C@@H]1c1ccccc1. The van der Waals surface area contributed by atoms with Crippen molar-refractivity contribution < 1.29 is 4.79 Å². The van der Waals surface area contributed by atoms with E-state index in [1.165, 1.54) is 16.9 Å². The van der Waals surface area contributed by atoms with E-state index in [9.17, 15) is 4.79 Å². The van der Waals surface area contributed by atoms with Gasteiger partial charge in [-0.05, 0) is 30.0 Å². The fourth-order valence-corrected chi connectivity index (χ4v) is 3.45. The van der Waals surface area contributed by atoms with Crippen LogP contribution in [0.3, 0.4) is 0 Å². The molecule has 23 heavy (non-hydrogen) atoms. The monoisotopic (exact) mass is 321 g/mol. The number of anilines is 1. The van der Waals surface area contributed by atoms with Crippen LogP contribution in [0.25, 0.3) is 11.3 Å². The fourth-order valence-electron chi connectivity index (χ4n) is 2.73. The van der Waals surface area contributed by atoms with Gasteiger partial charge in [0.05, 0.1) is 5.69 Å². The third-order valence-electron chi connectivity index (χ3n) is 4.05. The molecule has 0 saturated heterocycles. The van der Waals surface area contributed by atoms with Crippen molar-refractivity contribution in [3.05, 3.63) is 65.8 Å². The molecule has 0 unspecified atom stereocenters. The first kappa shape index (κ1) is 14.1. The summed E-state index contributed by atoms with van der Waals surface area (Å²) in [6.45, 7) is 0. The van der Waals surface area contributed by atoms with Crippen molar-refractivity contribution in [1.82, 2.24) is 9.97 Å². The number of hydrogen-bond donors (Lipinski definition) is 1. The predicted octanol–water partition coefficient (Wildman–Crippen LogP) is 3.95. The minimum atomic E-state index is 0.0585. The van der Waals surface area contributed by atoms with Gasteiger partial charge < -0.3 is 5.32 Å². The highest BCUT2D eigenvalue weighted by Gasteiger charge is 2.44.